The number of hydroxylamine groups is 2. The molecule has 0 aromatic carbocycles. The quantitative estimate of drug-likeness (QED) is 0.851. The van der Waals surface area contributed by atoms with Crippen LogP contribution in [0.4, 0.5) is 0 Å². The van der Waals surface area contributed by atoms with Gasteiger partial charge >= 0.3 is 0 Å². The summed E-state index contributed by atoms with van der Waals surface area (Å²) in [5, 5.41) is 5.11. The predicted octanol–water partition coefficient (Wildman–Crippen LogP) is 2.91. The van der Waals surface area contributed by atoms with Gasteiger partial charge in [-0.05, 0) is 52.4 Å². The normalized spacial score (nSPS) is 32.0. The van der Waals surface area contributed by atoms with Crippen LogP contribution < -0.4 is 5.32 Å². The van der Waals surface area contributed by atoms with Crippen molar-refractivity contribution >= 4 is 11.7 Å². The molecule has 5 nitrogen and oxygen atoms in total. The Hall–Kier alpha value is -0.940. The van der Waals surface area contributed by atoms with E-state index in [0.717, 1.165) is 44.1 Å². The van der Waals surface area contributed by atoms with Crippen molar-refractivity contribution < 1.29 is 9.63 Å². The third-order valence-corrected chi connectivity index (χ3v) is 5.27. The van der Waals surface area contributed by atoms with Gasteiger partial charge in [0.2, 0.25) is 0 Å². The molecule has 2 atom stereocenters. The lowest BCUT2D eigenvalue weighted by Crippen LogP contribution is -2.50. The first kappa shape index (κ1) is 16.9. The van der Waals surface area contributed by atoms with E-state index in [1.807, 2.05) is 5.06 Å². The highest BCUT2D eigenvalue weighted by Crippen LogP contribution is 2.35. The van der Waals surface area contributed by atoms with Gasteiger partial charge in [0.05, 0.1) is 5.60 Å². The molecule has 1 aliphatic carbocycles. The Balaban J connectivity index is 1.65. The van der Waals surface area contributed by atoms with Crippen molar-refractivity contribution in [2.24, 2.45) is 16.8 Å². The van der Waals surface area contributed by atoms with Gasteiger partial charge in [0, 0.05) is 19.0 Å². The number of carbonyl (C=O) groups excluding carboxylic acids is 1. The second-order valence-corrected chi connectivity index (χ2v) is 8.58. The molecular weight excluding hydrogens is 290 g/mol. The van der Waals surface area contributed by atoms with E-state index >= 15 is 0 Å². The van der Waals surface area contributed by atoms with E-state index in [1.54, 1.807) is 0 Å². The Morgan fingerprint density at radius 2 is 1.96 bits per heavy atom. The second kappa shape index (κ2) is 6.17. The zero-order valence-electron chi connectivity index (χ0n) is 15.0. The lowest BCUT2D eigenvalue weighted by Gasteiger charge is -2.37. The molecule has 2 fully saturated rings. The minimum atomic E-state index is -0.534. The Kier molecular flexibility index (Phi) is 4.53. The summed E-state index contributed by atoms with van der Waals surface area (Å²) in [6.45, 7) is 10.0. The van der Waals surface area contributed by atoms with Crippen LogP contribution >= 0.6 is 0 Å². The Labute approximate surface area is 139 Å². The number of aliphatic imine (C=N–C) groups is 1. The molecule has 0 bridgehead atoms. The van der Waals surface area contributed by atoms with Crippen LogP contribution in [0.2, 0.25) is 0 Å². The van der Waals surface area contributed by atoms with E-state index in [4.69, 9.17) is 9.83 Å². The first-order valence-electron chi connectivity index (χ1n) is 9.13. The number of nitrogens with zero attached hydrogens (tertiary/aromatic N) is 2. The fraction of sp³-hybridized carbons (Fsp3) is 0.889. The fourth-order valence-corrected chi connectivity index (χ4v) is 4.09. The van der Waals surface area contributed by atoms with Crippen LogP contribution in [0.3, 0.4) is 0 Å². The average Bonchev–Trinajstić information content (AvgIpc) is 2.78. The molecule has 1 saturated heterocycles. The molecule has 2 aliphatic heterocycles. The molecule has 130 valence electrons. The van der Waals surface area contributed by atoms with Crippen molar-refractivity contribution in [3.05, 3.63) is 0 Å². The molecule has 0 unspecified atom stereocenters. The van der Waals surface area contributed by atoms with Crippen LogP contribution in [0.5, 0.6) is 0 Å². The zero-order valence-corrected chi connectivity index (χ0v) is 15.0. The zero-order chi connectivity index (χ0) is 16.7. The molecule has 5 heteroatoms. The first-order valence-corrected chi connectivity index (χ1v) is 9.13. The molecule has 0 radical (unpaired) electrons. The van der Waals surface area contributed by atoms with Crippen LogP contribution in [0.15, 0.2) is 4.99 Å². The molecule has 1 saturated carbocycles. The molecule has 0 aromatic rings. The van der Waals surface area contributed by atoms with Crippen LogP contribution in [0.1, 0.15) is 66.2 Å². The van der Waals surface area contributed by atoms with Gasteiger partial charge in [0.25, 0.3) is 5.91 Å². The topological polar surface area (TPSA) is 53.9 Å². The average molecular weight is 321 g/mol. The molecule has 1 amide bonds. The summed E-state index contributed by atoms with van der Waals surface area (Å²) in [6.07, 6.45) is 6.39. The van der Waals surface area contributed by atoms with Gasteiger partial charge in [-0.3, -0.25) is 14.6 Å². The third-order valence-electron chi connectivity index (χ3n) is 5.27. The van der Waals surface area contributed by atoms with Gasteiger partial charge in [-0.15, -0.1) is 0 Å². The predicted molar refractivity (Wildman–Crippen MR) is 91.1 cm³/mol. The maximum absolute atomic E-state index is 12.6. The molecule has 23 heavy (non-hydrogen) atoms. The molecule has 1 N–H and O–H groups in total. The SMILES string of the molecule is C[C@@H]1CCC[C@H](C2=NC3(CCN(OC(C)(C)C)CC3)C(=O)N2)C1. The van der Waals surface area contributed by atoms with E-state index in [-0.39, 0.29) is 11.5 Å². The molecular formula is C18H31N3O2. The van der Waals surface area contributed by atoms with Crippen molar-refractivity contribution in [2.45, 2.75) is 77.4 Å². The summed E-state index contributed by atoms with van der Waals surface area (Å²) in [5.41, 5.74) is -0.719. The van der Waals surface area contributed by atoms with Crippen molar-refractivity contribution in [3.63, 3.8) is 0 Å². The summed E-state index contributed by atoms with van der Waals surface area (Å²) >= 11 is 0. The van der Waals surface area contributed by atoms with E-state index in [9.17, 15) is 4.79 Å². The van der Waals surface area contributed by atoms with Crippen LogP contribution in [-0.4, -0.2) is 41.0 Å². The lowest BCUT2D eigenvalue weighted by molar-refractivity contribution is -0.238. The second-order valence-electron chi connectivity index (χ2n) is 8.58. The van der Waals surface area contributed by atoms with Gasteiger partial charge in [0.15, 0.2) is 0 Å². The van der Waals surface area contributed by atoms with E-state index in [0.29, 0.717) is 5.92 Å². The Morgan fingerprint density at radius 3 is 2.57 bits per heavy atom. The number of carbonyl (C=O) groups is 1. The monoisotopic (exact) mass is 321 g/mol. The number of hydrogen-bond acceptors (Lipinski definition) is 4. The molecule has 3 aliphatic rings. The van der Waals surface area contributed by atoms with Gasteiger partial charge in [-0.2, -0.15) is 5.06 Å². The van der Waals surface area contributed by atoms with Crippen molar-refractivity contribution in [1.82, 2.24) is 10.4 Å². The number of nitrogens with one attached hydrogen (secondary N) is 1. The summed E-state index contributed by atoms with van der Waals surface area (Å²) in [6, 6.07) is 0. The summed E-state index contributed by atoms with van der Waals surface area (Å²) in [4.78, 5) is 23.4. The largest absolute Gasteiger partial charge is 0.312 e. The van der Waals surface area contributed by atoms with E-state index in [2.05, 4.69) is 33.0 Å². The smallest absolute Gasteiger partial charge is 0.253 e. The highest BCUT2D eigenvalue weighted by atomic mass is 16.7. The minimum absolute atomic E-state index is 0.112. The number of amides is 1. The van der Waals surface area contributed by atoms with Gasteiger partial charge in [-0.1, -0.05) is 19.8 Å². The number of amidine groups is 1. The summed E-state index contributed by atoms with van der Waals surface area (Å²) in [5.74, 6) is 2.27. The Morgan fingerprint density at radius 1 is 1.26 bits per heavy atom. The Bertz CT molecular complexity index is 487. The fourth-order valence-electron chi connectivity index (χ4n) is 4.09. The summed E-state index contributed by atoms with van der Waals surface area (Å²) < 4.78 is 0. The maximum atomic E-state index is 12.6. The molecule has 1 spiro atoms. The summed E-state index contributed by atoms with van der Waals surface area (Å²) in [7, 11) is 0. The number of hydrogen-bond donors (Lipinski definition) is 1. The van der Waals surface area contributed by atoms with Crippen molar-refractivity contribution in [1.29, 1.82) is 0 Å². The van der Waals surface area contributed by atoms with E-state index < -0.39 is 5.54 Å². The maximum Gasteiger partial charge on any atom is 0.253 e. The molecule has 3 rings (SSSR count). The minimum Gasteiger partial charge on any atom is -0.312 e. The standard InChI is InChI=1S/C18H31N3O2/c1-13-6-5-7-14(12-13)15-19-16(22)18(20-15)8-10-21(11-9-18)23-17(2,3)4/h13-14H,5-12H2,1-4H3,(H,19,20,22)/t13-,14+/m1/s1. The van der Waals surface area contributed by atoms with Crippen LogP contribution in [0.25, 0.3) is 0 Å². The van der Waals surface area contributed by atoms with Crippen molar-refractivity contribution in [2.75, 3.05) is 13.1 Å². The highest BCUT2D eigenvalue weighted by molar-refractivity contribution is 6.09. The molecule has 0 aromatic heterocycles. The molecule has 2 heterocycles. The highest BCUT2D eigenvalue weighted by Gasteiger charge is 2.47. The number of rotatable bonds is 2. The van der Waals surface area contributed by atoms with Crippen LogP contribution in [0, 0.1) is 11.8 Å². The van der Waals surface area contributed by atoms with Crippen LogP contribution in [-0.2, 0) is 9.63 Å². The van der Waals surface area contributed by atoms with Crippen molar-refractivity contribution in [3.8, 4) is 0 Å². The van der Waals surface area contributed by atoms with Gasteiger partial charge < -0.3 is 5.32 Å². The lowest BCUT2D eigenvalue weighted by atomic mass is 9.82. The number of piperidine rings is 1. The third kappa shape index (κ3) is 3.77. The van der Waals surface area contributed by atoms with Gasteiger partial charge in [-0.25, -0.2) is 0 Å². The van der Waals surface area contributed by atoms with E-state index in [1.165, 1.54) is 19.3 Å². The first-order chi connectivity index (χ1) is 10.8. The van der Waals surface area contributed by atoms with Gasteiger partial charge in [0.1, 0.15) is 11.4 Å².